The molecular formula is C26H38N6O. The standard InChI is InChI=1S/C18H22N6.C6H12.C2H4O/c1-5-13-9-14(10-21-11(13)3)15-7-8-24-18(22-15)16(17(19)23-24)12(4)20-6-2;1-5(2)6-3-4-6;1-2-3/h7-10,20H,4-6H2,1-3H3,(H2,19,23);5-6H,3-4H2,1-2H3;2H,1H3. The fraction of sp³-hybridized carbons (Fsp3) is 0.462. The van der Waals surface area contributed by atoms with Crippen molar-refractivity contribution in [1.82, 2.24) is 24.9 Å². The van der Waals surface area contributed by atoms with Gasteiger partial charge in [-0.05, 0) is 69.6 Å². The van der Waals surface area contributed by atoms with Crippen LogP contribution in [0.5, 0.6) is 0 Å². The molecule has 1 saturated carbocycles. The smallest absolute Gasteiger partial charge is 0.167 e. The molecule has 3 heterocycles. The van der Waals surface area contributed by atoms with E-state index < -0.39 is 0 Å². The summed E-state index contributed by atoms with van der Waals surface area (Å²) in [4.78, 5) is 18.0. The van der Waals surface area contributed by atoms with Crippen molar-refractivity contribution in [1.29, 1.82) is 0 Å². The lowest BCUT2D eigenvalue weighted by atomic mass is 10.1. The van der Waals surface area contributed by atoms with Crippen LogP contribution in [0.4, 0.5) is 5.82 Å². The van der Waals surface area contributed by atoms with Gasteiger partial charge in [0.25, 0.3) is 0 Å². The number of hydrogen-bond donors (Lipinski definition) is 2. The van der Waals surface area contributed by atoms with E-state index in [-0.39, 0.29) is 0 Å². The minimum absolute atomic E-state index is 0.418. The van der Waals surface area contributed by atoms with Gasteiger partial charge in [-0.25, -0.2) is 9.50 Å². The molecule has 3 aromatic rings. The first-order valence-electron chi connectivity index (χ1n) is 11.7. The summed E-state index contributed by atoms with van der Waals surface area (Å²) in [7, 11) is 0. The van der Waals surface area contributed by atoms with Gasteiger partial charge in [0.2, 0.25) is 0 Å². The molecule has 0 amide bonds. The first-order valence-corrected chi connectivity index (χ1v) is 11.7. The Labute approximate surface area is 197 Å². The number of nitrogens with one attached hydrogen (secondary N) is 1. The molecule has 0 aliphatic heterocycles. The third-order valence-corrected chi connectivity index (χ3v) is 5.64. The molecule has 0 aromatic carbocycles. The predicted molar refractivity (Wildman–Crippen MR) is 137 cm³/mol. The van der Waals surface area contributed by atoms with Crippen LogP contribution in [-0.4, -0.2) is 32.4 Å². The van der Waals surface area contributed by atoms with Crippen LogP contribution in [0.15, 0.2) is 31.1 Å². The van der Waals surface area contributed by atoms with E-state index in [9.17, 15) is 0 Å². The van der Waals surface area contributed by atoms with E-state index in [1.165, 1.54) is 25.3 Å². The number of carbonyl (C=O) groups is 1. The predicted octanol–water partition coefficient (Wildman–Crippen LogP) is 5.08. The van der Waals surface area contributed by atoms with E-state index in [2.05, 4.69) is 48.8 Å². The molecule has 0 saturated heterocycles. The molecular weight excluding hydrogens is 412 g/mol. The van der Waals surface area contributed by atoms with Gasteiger partial charge in [0.15, 0.2) is 11.5 Å². The molecule has 33 heavy (non-hydrogen) atoms. The van der Waals surface area contributed by atoms with Gasteiger partial charge in [0.1, 0.15) is 6.29 Å². The molecule has 1 aliphatic rings. The first kappa shape index (κ1) is 26.0. The number of nitrogens with two attached hydrogens (primary N) is 1. The van der Waals surface area contributed by atoms with Gasteiger partial charge in [0.05, 0.1) is 11.3 Å². The monoisotopic (exact) mass is 450 g/mol. The zero-order chi connectivity index (χ0) is 24.5. The number of aldehydes is 1. The molecule has 178 valence electrons. The van der Waals surface area contributed by atoms with Gasteiger partial charge in [-0.3, -0.25) is 4.98 Å². The minimum atomic E-state index is 0.418. The average molecular weight is 451 g/mol. The third kappa shape index (κ3) is 6.88. The van der Waals surface area contributed by atoms with Crippen molar-refractivity contribution in [2.75, 3.05) is 12.3 Å². The van der Waals surface area contributed by atoms with E-state index in [1.807, 2.05) is 32.3 Å². The maximum atomic E-state index is 8.81. The van der Waals surface area contributed by atoms with Crippen LogP contribution in [0.25, 0.3) is 22.6 Å². The van der Waals surface area contributed by atoms with Crippen LogP contribution in [-0.2, 0) is 11.2 Å². The molecule has 0 spiro atoms. The molecule has 1 fully saturated rings. The molecule has 7 heteroatoms. The third-order valence-electron chi connectivity index (χ3n) is 5.64. The maximum absolute atomic E-state index is 8.81. The fourth-order valence-electron chi connectivity index (χ4n) is 3.54. The summed E-state index contributed by atoms with van der Waals surface area (Å²) in [6.07, 6.45) is 8.40. The first-order chi connectivity index (χ1) is 15.8. The highest BCUT2D eigenvalue weighted by molar-refractivity contribution is 5.82. The number of fused-ring (bicyclic) bond motifs is 1. The van der Waals surface area contributed by atoms with Gasteiger partial charge in [-0.2, -0.15) is 0 Å². The minimum Gasteiger partial charge on any atom is -0.385 e. The second-order valence-electron chi connectivity index (χ2n) is 8.49. The largest absolute Gasteiger partial charge is 0.385 e. The summed E-state index contributed by atoms with van der Waals surface area (Å²) in [5, 5.41) is 7.50. The zero-order valence-corrected chi connectivity index (χ0v) is 20.9. The average Bonchev–Trinajstić information content (AvgIpc) is 3.58. The molecule has 3 N–H and O–H groups in total. The zero-order valence-electron chi connectivity index (χ0n) is 20.9. The molecule has 3 aromatic heterocycles. The lowest BCUT2D eigenvalue weighted by Crippen LogP contribution is -2.11. The van der Waals surface area contributed by atoms with Crippen molar-refractivity contribution in [3.05, 3.63) is 47.9 Å². The number of anilines is 1. The van der Waals surface area contributed by atoms with E-state index >= 15 is 0 Å². The quantitative estimate of drug-likeness (QED) is 0.508. The van der Waals surface area contributed by atoms with Crippen LogP contribution < -0.4 is 11.1 Å². The topological polar surface area (TPSA) is 98.2 Å². The summed E-state index contributed by atoms with van der Waals surface area (Å²) in [5.41, 5.74) is 12.3. The molecule has 0 atom stereocenters. The highest BCUT2D eigenvalue weighted by Crippen LogP contribution is 2.35. The molecule has 1 aliphatic carbocycles. The summed E-state index contributed by atoms with van der Waals surface area (Å²) >= 11 is 0. The van der Waals surface area contributed by atoms with Crippen molar-refractivity contribution < 1.29 is 4.79 Å². The van der Waals surface area contributed by atoms with Crippen molar-refractivity contribution >= 4 is 23.4 Å². The molecule has 0 unspecified atom stereocenters. The Morgan fingerprint density at radius 1 is 1.36 bits per heavy atom. The van der Waals surface area contributed by atoms with E-state index in [0.29, 0.717) is 11.5 Å². The van der Waals surface area contributed by atoms with Gasteiger partial charge in [0, 0.05) is 35.9 Å². The Kier molecular flexibility index (Phi) is 9.57. The number of pyridine rings is 1. The van der Waals surface area contributed by atoms with Gasteiger partial charge in [-0.1, -0.05) is 27.4 Å². The highest BCUT2D eigenvalue weighted by atomic mass is 16.1. The number of nitrogens with zero attached hydrogens (tertiary/aromatic N) is 4. The van der Waals surface area contributed by atoms with Crippen LogP contribution >= 0.6 is 0 Å². The SMILES string of the molecule is C=C(NCC)c1c(N)nn2ccc(-c3cnc(C)c(CC)c3)nc12.CC(C)C1CC1.CC=O. The Balaban J connectivity index is 0.000000360. The number of aryl methyl sites for hydroxylation is 2. The Hall–Kier alpha value is -3.22. The van der Waals surface area contributed by atoms with Gasteiger partial charge < -0.3 is 15.8 Å². The molecule has 4 rings (SSSR count). The number of rotatable bonds is 6. The van der Waals surface area contributed by atoms with E-state index in [0.717, 1.165) is 59.3 Å². The number of aromatic nitrogens is 4. The number of hydrogen-bond acceptors (Lipinski definition) is 6. The van der Waals surface area contributed by atoms with Crippen LogP contribution in [0.3, 0.4) is 0 Å². The van der Waals surface area contributed by atoms with E-state index in [1.54, 1.807) is 4.52 Å². The van der Waals surface area contributed by atoms with Crippen molar-refractivity contribution in [2.45, 2.75) is 60.8 Å². The molecule has 0 radical (unpaired) electrons. The Morgan fingerprint density at radius 2 is 2.03 bits per heavy atom. The van der Waals surface area contributed by atoms with Crippen molar-refractivity contribution in [2.24, 2.45) is 11.8 Å². The normalized spacial score (nSPS) is 12.5. The fourth-order valence-corrected chi connectivity index (χ4v) is 3.54. The molecule has 0 bridgehead atoms. The summed E-state index contributed by atoms with van der Waals surface area (Å²) in [6, 6.07) is 4.06. The molecule has 7 nitrogen and oxygen atoms in total. The van der Waals surface area contributed by atoms with Crippen LogP contribution in [0.2, 0.25) is 0 Å². The van der Waals surface area contributed by atoms with Gasteiger partial charge in [-0.15, -0.1) is 5.10 Å². The van der Waals surface area contributed by atoms with Crippen LogP contribution in [0, 0.1) is 18.8 Å². The second-order valence-corrected chi connectivity index (χ2v) is 8.49. The van der Waals surface area contributed by atoms with Crippen LogP contribution in [0.1, 0.15) is 64.3 Å². The van der Waals surface area contributed by atoms with Crippen molar-refractivity contribution in [3.8, 4) is 11.3 Å². The highest BCUT2D eigenvalue weighted by Gasteiger charge is 2.24. The lowest BCUT2D eigenvalue weighted by Gasteiger charge is -2.08. The number of carbonyl (C=O) groups excluding carboxylic acids is 1. The Bertz CT molecular complexity index is 1080. The number of nitrogen functional groups attached to an aromatic ring is 1. The summed E-state index contributed by atoms with van der Waals surface area (Å²) in [6.45, 7) is 17.0. The summed E-state index contributed by atoms with van der Waals surface area (Å²) < 4.78 is 1.68. The maximum Gasteiger partial charge on any atom is 0.167 e. The second kappa shape index (κ2) is 12.1. The lowest BCUT2D eigenvalue weighted by molar-refractivity contribution is -0.106. The van der Waals surface area contributed by atoms with Crippen molar-refractivity contribution in [3.63, 3.8) is 0 Å². The van der Waals surface area contributed by atoms with Gasteiger partial charge >= 0.3 is 0 Å². The summed E-state index contributed by atoms with van der Waals surface area (Å²) in [5.74, 6) is 2.48. The Morgan fingerprint density at radius 3 is 2.55 bits per heavy atom. The van der Waals surface area contributed by atoms with E-state index in [4.69, 9.17) is 15.5 Å².